The average molecular weight is 467 g/mol. The second-order valence-electron chi connectivity index (χ2n) is 7.13. The first-order valence-electron chi connectivity index (χ1n) is 9.81. The number of nitrogens with zero attached hydrogens (tertiary/aromatic N) is 2. The lowest BCUT2D eigenvalue weighted by atomic mass is 10.1. The maximum absolute atomic E-state index is 13.1. The molecule has 2 aromatic carbocycles. The Bertz CT molecular complexity index is 1300. The second kappa shape index (κ2) is 9.29. The van der Waals surface area contributed by atoms with E-state index < -0.39 is 29.5 Å². The maximum atomic E-state index is 13.1. The van der Waals surface area contributed by atoms with Gasteiger partial charge < -0.3 is 14.6 Å². The molecule has 1 N–H and O–H groups in total. The number of rotatable bonds is 6. The van der Waals surface area contributed by atoms with Crippen LogP contribution in [0.15, 0.2) is 59.6 Å². The Hall–Kier alpha value is -3.92. The summed E-state index contributed by atoms with van der Waals surface area (Å²) < 4.78 is 19.3. The molecule has 10 heteroatoms. The number of ether oxygens (including phenoxy) is 1. The topological polar surface area (TPSA) is 97.7 Å². The van der Waals surface area contributed by atoms with Crippen LogP contribution in [0.25, 0.3) is 17.0 Å². The molecule has 0 saturated carbocycles. The number of esters is 1. The van der Waals surface area contributed by atoms with Crippen molar-refractivity contribution in [3.05, 3.63) is 71.0 Å². The van der Waals surface area contributed by atoms with Crippen molar-refractivity contribution in [2.75, 3.05) is 19.0 Å². The van der Waals surface area contributed by atoms with Gasteiger partial charge in [-0.25, -0.2) is 4.39 Å². The first kappa shape index (κ1) is 22.3. The number of methoxy groups -OCH3 is 1. The van der Waals surface area contributed by atoms with Crippen molar-refractivity contribution in [3.8, 4) is 0 Å². The number of nitrogens with one attached hydrogen (secondary N) is 1. The minimum Gasteiger partial charge on any atom is -0.468 e. The Labute approximate surface area is 192 Å². The fourth-order valence-electron chi connectivity index (χ4n) is 3.38. The highest BCUT2D eigenvalue weighted by atomic mass is 32.2. The summed E-state index contributed by atoms with van der Waals surface area (Å²) in [7, 11) is 1.18. The number of benzene rings is 2. The average Bonchev–Trinajstić information content (AvgIpc) is 3.27. The Morgan fingerprint density at radius 1 is 1.09 bits per heavy atom. The molecule has 1 aromatic heterocycles. The first-order valence-corrected chi connectivity index (χ1v) is 10.6. The van der Waals surface area contributed by atoms with E-state index in [4.69, 9.17) is 0 Å². The monoisotopic (exact) mass is 467 g/mol. The molecule has 1 saturated heterocycles. The van der Waals surface area contributed by atoms with Crippen LogP contribution < -0.4 is 5.32 Å². The van der Waals surface area contributed by atoms with Gasteiger partial charge in [0.1, 0.15) is 18.9 Å². The number of thioether (sulfide) groups is 1. The molecule has 33 heavy (non-hydrogen) atoms. The quantitative estimate of drug-likeness (QED) is 0.439. The number of fused-ring (bicyclic) bond motifs is 1. The molecule has 1 aliphatic rings. The second-order valence-corrected chi connectivity index (χ2v) is 8.12. The Morgan fingerprint density at radius 3 is 2.55 bits per heavy atom. The fraction of sp³-hybridized carbons (Fsp3) is 0.130. The molecule has 0 radical (unpaired) electrons. The van der Waals surface area contributed by atoms with Crippen LogP contribution in [0.1, 0.15) is 5.56 Å². The number of para-hydroxylation sites is 1. The zero-order valence-electron chi connectivity index (χ0n) is 17.4. The predicted molar refractivity (Wildman–Crippen MR) is 122 cm³/mol. The van der Waals surface area contributed by atoms with Crippen LogP contribution in [0, 0.1) is 5.82 Å². The highest BCUT2D eigenvalue weighted by Gasteiger charge is 2.36. The minimum atomic E-state index is -0.692. The molecule has 3 aromatic rings. The van der Waals surface area contributed by atoms with Gasteiger partial charge in [0.25, 0.3) is 11.1 Å². The van der Waals surface area contributed by atoms with Gasteiger partial charge in [0.2, 0.25) is 5.91 Å². The summed E-state index contributed by atoms with van der Waals surface area (Å²) in [6.07, 6.45) is 3.28. The molecule has 0 aliphatic carbocycles. The molecule has 0 atom stereocenters. The van der Waals surface area contributed by atoms with E-state index in [1.165, 1.54) is 31.4 Å². The number of aromatic nitrogens is 1. The summed E-state index contributed by atoms with van der Waals surface area (Å²) in [5, 5.41) is 2.94. The molecule has 4 rings (SSSR count). The van der Waals surface area contributed by atoms with Gasteiger partial charge in [0, 0.05) is 28.4 Å². The number of anilines is 1. The van der Waals surface area contributed by atoms with E-state index >= 15 is 0 Å². The lowest BCUT2D eigenvalue weighted by molar-refractivity contribution is -0.143. The molecule has 3 amide bonds. The number of halogens is 1. The first-order chi connectivity index (χ1) is 15.9. The van der Waals surface area contributed by atoms with Gasteiger partial charge in [-0.15, -0.1) is 0 Å². The van der Waals surface area contributed by atoms with E-state index in [9.17, 15) is 23.6 Å². The van der Waals surface area contributed by atoms with Gasteiger partial charge in [-0.2, -0.15) is 0 Å². The number of carbonyl (C=O) groups excluding carboxylic acids is 4. The van der Waals surface area contributed by atoms with E-state index in [0.717, 1.165) is 27.6 Å². The Kier molecular flexibility index (Phi) is 6.27. The van der Waals surface area contributed by atoms with Gasteiger partial charge in [-0.3, -0.25) is 24.1 Å². The summed E-state index contributed by atoms with van der Waals surface area (Å²) >= 11 is 0.735. The molecular formula is C23H18FN3O5S. The molecule has 0 spiro atoms. The third-order valence-electron chi connectivity index (χ3n) is 4.94. The lowest BCUT2D eigenvalue weighted by Crippen LogP contribution is -2.34. The zero-order chi connectivity index (χ0) is 23.5. The highest BCUT2D eigenvalue weighted by molar-refractivity contribution is 8.18. The van der Waals surface area contributed by atoms with Gasteiger partial charge in [0.15, 0.2) is 0 Å². The van der Waals surface area contributed by atoms with E-state index in [2.05, 4.69) is 10.1 Å². The van der Waals surface area contributed by atoms with Crippen LogP contribution in [0.5, 0.6) is 0 Å². The third kappa shape index (κ3) is 4.80. The van der Waals surface area contributed by atoms with E-state index in [1.807, 2.05) is 24.3 Å². The van der Waals surface area contributed by atoms with E-state index in [1.54, 1.807) is 16.8 Å². The standard InChI is InChI=1S/C23H18FN3O5S/c1-32-21(29)13-27-22(30)19(33-23(27)31)10-14-11-26(18-5-3-2-4-17(14)18)12-20(28)25-16-8-6-15(24)7-9-16/h2-11H,12-13H2,1H3,(H,25,28)/b19-10-. The maximum Gasteiger partial charge on any atom is 0.325 e. The van der Waals surface area contributed by atoms with Crippen molar-refractivity contribution in [1.29, 1.82) is 0 Å². The lowest BCUT2D eigenvalue weighted by Gasteiger charge is -2.09. The number of imide groups is 1. The number of hydrogen-bond acceptors (Lipinski definition) is 6. The molecule has 0 unspecified atom stereocenters. The van der Waals surface area contributed by atoms with Crippen LogP contribution in [0.3, 0.4) is 0 Å². The SMILES string of the molecule is COC(=O)CN1C(=O)S/C(=C\c2cn(CC(=O)Nc3ccc(F)cc3)c3ccccc23)C1=O. The number of amides is 3. The van der Waals surface area contributed by atoms with Crippen molar-refractivity contribution < 1.29 is 28.3 Å². The summed E-state index contributed by atoms with van der Waals surface area (Å²) in [5.74, 6) is -1.99. The van der Waals surface area contributed by atoms with Gasteiger partial charge >= 0.3 is 5.97 Å². The molecule has 8 nitrogen and oxygen atoms in total. The van der Waals surface area contributed by atoms with Crippen molar-refractivity contribution in [3.63, 3.8) is 0 Å². The van der Waals surface area contributed by atoms with Crippen molar-refractivity contribution in [2.24, 2.45) is 0 Å². The van der Waals surface area contributed by atoms with Gasteiger partial charge in [-0.05, 0) is 48.2 Å². The smallest absolute Gasteiger partial charge is 0.325 e. The molecular weight excluding hydrogens is 449 g/mol. The van der Waals surface area contributed by atoms with Crippen LogP contribution >= 0.6 is 11.8 Å². The van der Waals surface area contributed by atoms with Crippen LogP contribution in [0.4, 0.5) is 14.9 Å². The van der Waals surface area contributed by atoms with Crippen molar-refractivity contribution in [2.45, 2.75) is 6.54 Å². The van der Waals surface area contributed by atoms with Crippen LogP contribution in [-0.2, 0) is 25.7 Å². The number of carbonyl (C=O) groups is 4. The van der Waals surface area contributed by atoms with Gasteiger partial charge in [0.05, 0.1) is 12.0 Å². The van der Waals surface area contributed by atoms with Gasteiger partial charge in [-0.1, -0.05) is 18.2 Å². The molecule has 1 aliphatic heterocycles. The van der Waals surface area contributed by atoms with E-state index in [-0.39, 0.29) is 17.4 Å². The summed E-state index contributed by atoms with van der Waals surface area (Å²) in [4.78, 5) is 49.8. The van der Waals surface area contributed by atoms with E-state index in [0.29, 0.717) is 11.3 Å². The molecule has 0 bridgehead atoms. The summed E-state index contributed by atoms with van der Waals surface area (Å²) in [6, 6.07) is 12.8. The van der Waals surface area contributed by atoms with Crippen LogP contribution in [0.2, 0.25) is 0 Å². The summed E-state index contributed by atoms with van der Waals surface area (Å²) in [5.41, 5.74) is 1.87. The highest BCUT2D eigenvalue weighted by Crippen LogP contribution is 2.34. The molecule has 2 heterocycles. The molecule has 1 fully saturated rings. The van der Waals surface area contributed by atoms with Crippen LogP contribution in [-0.4, -0.2) is 46.1 Å². The largest absolute Gasteiger partial charge is 0.468 e. The third-order valence-corrected chi connectivity index (χ3v) is 5.84. The molecule has 168 valence electrons. The zero-order valence-corrected chi connectivity index (χ0v) is 18.2. The van der Waals surface area contributed by atoms with Crippen molar-refractivity contribution in [1.82, 2.24) is 9.47 Å². The number of hydrogen-bond donors (Lipinski definition) is 1. The minimum absolute atomic E-state index is 0.0183. The Morgan fingerprint density at radius 2 is 1.82 bits per heavy atom. The summed E-state index contributed by atoms with van der Waals surface area (Å²) in [6.45, 7) is -0.473. The normalized spacial score (nSPS) is 14.8. The fourth-order valence-corrected chi connectivity index (χ4v) is 4.21. The van der Waals surface area contributed by atoms with Crippen molar-refractivity contribution >= 4 is 57.5 Å². The Balaban J connectivity index is 1.59. The predicted octanol–water partition coefficient (Wildman–Crippen LogP) is 3.63.